The minimum Gasteiger partial charge on any atom is -0.0845 e. The van der Waals surface area contributed by atoms with Gasteiger partial charge in [0.1, 0.15) is 0 Å². The number of rotatable bonds is 0. The van der Waals surface area contributed by atoms with Crippen LogP contribution in [0.2, 0.25) is 0 Å². The molecular formula is C29H50. The van der Waals surface area contributed by atoms with Gasteiger partial charge in [-0.05, 0) is 25.7 Å². The number of hydrogen-bond acceptors (Lipinski definition) is 0. The second-order valence-corrected chi connectivity index (χ2v) is 8.92. The maximum atomic E-state index is 2.32. The zero-order chi connectivity index (χ0) is 20.5. The van der Waals surface area contributed by atoms with Gasteiger partial charge in [0.25, 0.3) is 0 Å². The lowest BCUT2D eigenvalue weighted by atomic mass is 10.0. The fourth-order valence-electron chi connectivity index (χ4n) is 4.14. The van der Waals surface area contributed by atoms with E-state index in [9.17, 15) is 0 Å². The first-order valence-electron chi connectivity index (χ1n) is 13.1. The molecule has 0 atom stereocenters. The summed E-state index contributed by atoms with van der Waals surface area (Å²) in [7, 11) is 0. The summed E-state index contributed by atoms with van der Waals surface area (Å²) in [5, 5.41) is 0. The van der Waals surface area contributed by atoms with Crippen LogP contribution in [-0.2, 0) is 0 Å². The minimum atomic E-state index is 1.23. The van der Waals surface area contributed by atoms with Crippen LogP contribution < -0.4 is 0 Å². The van der Waals surface area contributed by atoms with Crippen molar-refractivity contribution in [2.24, 2.45) is 0 Å². The molecule has 0 aromatic heterocycles. The Balaban J connectivity index is 2.16. The van der Waals surface area contributed by atoms with E-state index in [0.29, 0.717) is 0 Å². The van der Waals surface area contributed by atoms with Gasteiger partial charge in [-0.2, -0.15) is 0 Å². The molecule has 1 aliphatic carbocycles. The van der Waals surface area contributed by atoms with Gasteiger partial charge in [-0.15, -0.1) is 0 Å². The maximum absolute atomic E-state index is 2.32. The predicted octanol–water partition coefficient (Wildman–Crippen LogP) is 10.4. The molecule has 0 heteroatoms. The molecule has 0 radical (unpaired) electrons. The van der Waals surface area contributed by atoms with Crippen molar-refractivity contribution in [3.8, 4) is 0 Å². The highest BCUT2D eigenvalue weighted by atomic mass is 14.0. The van der Waals surface area contributed by atoms with Crippen LogP contribution in [0.5, 0.6) is 0 Å². The molecule has 0 aliphatic heterocycles. The molecule has 1 aliphatic rings. The second kappa shape index (κ2) is 23.2. The predicted molar refractivity (Wildman–Crippen MR) is 134 cm³/mol. The van der Waals surface area contributed by atoms with Crippen molar-refractivity contribution in [1.29, 1.82) is 0 Å². The Morgan fingerprint density at radius 1 is 0.207 bits per heavy atom. The summed E-state index contributed by atoms with van der Waals surface area (Å²) in [6.07, 6.45) is 47.5. The van der Waals surface area contributed by atoms with Gasteiger partial charge in [0.15, 0.2) is 0 Å². The Morgan fingerprint density at radius 3 is 0.690 bits per heavy atom. The van der Waals surface area contributed by atoms with E-state index in [1.807, 2.05) is 0 Å². The fraction of sp³-hybridized carbons (Fsp3) is 0.724. The second-order valence-electron chi connectivity index (χ2n) is 8.92. The molecule has 0 spiro atoms. The third-order valence-electron chi connectivity index (χ3n) is 6.07. The molecule has 0 aromatic carbocycles. The molecule has 0 unspecified atom stereocenters. The van der Waals surface area contributed by atoms with Crippen LogP contribution in [0.25, 0.3) is 0 Å². The third-order valence-corrected chi connectivity index (χ3v) is 6.07. The molecule has 166 valence electrons. The average molecular weight is 399 g/mol. The topological polar surface area (TPSA) is 0 Å². The Morgan fingerprint density at radius 2 is 0.414 bits per heavy atom. The summed E-state index contributed by atoms with van der Waals surface area (Å²) in [5.41, 5.74) is 0. The van der Waals surface area contributed by atoms with Gasteiger partial charge in [-0.3, -0.25) is 0 Å². The van der Waals surface area contributed by atoms with Crippen LogP contribution in [0.15, 0.2) is 48.6 Å². The Hall–Kier alpha value is -1.04. The molecule has 0 saturated heterocycles. The van der Waals surface area contributed by atoms with Crippen molar-refractivity contribution in [2.75, 3.05) is 0 Å². The van der Waals surface area contributed by atoms with Crippen LogP contribution in [0.1, 0.15) is 135 Å². The lowest BCUT2D eigenvalue weighted by molar-refractivity contribution is 0.522. The Bertz CT molecular complexity index is 383. The zero-order valence-electron chi connectivity index (χ0n) is 19.5. The molecule has 0 nitrogen and oxygen atoms in total. The van der Waals surface area contributed by atoms with Gasteiger partial charge in [-0.1, -0.05) is 158 Å². The SMILES string of the molecule is C1=CCCCCCCCCCCCCCCCCCCCCC\C=C/C=C\C=C/1. The summed E-state index contributed by atoms with van der Waals surface area (Å²) < 4.78 is 0. The van der Waals surface area contributed by atoms with Gasteiger partial charge in [0, 0.05) is 0 Å². The molecule has 0 N–H and O–H groups in total. The van der Waals surface area contributed by atoms with Crippen molar-refractivity contribution in [3.05, 3.63) is 48.6 Å². The van der Waals surface area contributed by atoms with Gasteiger partial charge in [0.05, 0.1) is 0 Å². The monoisotopic (exact) mass is 398 g/mol. The molecular weight excluding hydrogens is 348 g/mol. The molecule has 1 rings (SSSR count). The van der Waals surface area contributed by atoms with E-state index in [0.717, 1.165) is 0 Å². The lowest BCUT2D eigenvalue weighted by Crippen LogP contribution is -1.84. The van der Waals surface area contributed by atoms with E-state index in [2.05, 4.69) is 48.6 Å². The van der Waals surface area contributed by atoms with Crippen LogP contribution in [0.4, 0.5) is 0 Å². The van der Waals surface area contributed by atoms with Crippen molar-refractivity contribution in [1.82, 2.24) is 0 Å². The summed E-state index contributed by atoms with van der Waals surface area (Å²) in [4.78, 5) is 0. The molecule has 0 aromatic rings. The lowest BCUT2D eigenvalue weighted by Gasteiger charge is -2.04. The van der Waals surface area contributed by atoms with Crippen molar-refractivity contribution < 1.29 is 0 Å². The van der Waals surface area contributed by atoms with E-state index in [1.54, 1.807) is 0 Å². The first-order valence-corrected chi connectivity index (χ1v) is 13.1. The van der Waals surface area contributed by atoms with Gasteiger partial charge in [-0.25, -0.2) is 0 Å². The van der Waals surface area contributed by atoms with Crippen molar-refractivity contribution >= 4 is 0 Å². The molecule has 0 saturated carbocycles. The highest BCUT2D eigenvalue weighted by Crippen LogP contribution is 2.15. The maximum Gasteiger partial charge on any atom is -0.0348 e. The highest BCUT2D eigenvalue weighted by molar-refractivity contribution is 5.15. The molecule has 29 heavy (non-hydrogen) atoms. The summed E-state index contributed by atoms with van der Waals surface area (Å²) >= 11 is 0. The highest BCUT2D eigenvalue weighted by Gasteiger charge is 1.95. The zero-order valence-corrected chi connectivity index (χ0v) is 19.5. The van der Waals surface area contributed by atoms with Gasteiger partial charge >= 0.3 is 0 Å². The van der Waals surface area contributed by atoms with Gasteiger partial charge in [0.2, 0.25) is 0 Å². The van der Waals surface area contributed by atoms with Crippen molar-refractivity contribution in [3.63, 3.8) is 0 Å². The van der Waals surface area contributed by atoms with Crippen LogP contribution in [0.3, 0.4) is 0 Å². The number of hydrogen-bond donors (Lipinski definition) is 0. The molecule has 0 heterocycles. The fourth-order valence-corrected chi connectivity index (χ4v) is 4.14. The van der Waals surface area contributed by atoms with Crippen LogP contribution in [-0.4, -0.2) is 0 Å². The van der Waals surface area contributed by atoms with E-state index >= 15 is 0 Å². The number of allylic oxidation sites excluding steroid dienone is 8. The standard InChI is InChI=1S/C29H50/c1-2-4-6-8-10-12-14-16-18-20-22-24-26-28-29-27-25-23-21-19-17-15-13-11-9-7-5-3-1/h1-8H,9-29H2/b3-1-,4-2-,7-5-,8-6?. The summed E-state index contributed by atoms with van der Waals surface area (Å²) in [6.45, 7) is 0. The van der Waals surface area contributed by atoms with Crippen LogP contribution >= 0.6 is 0 Å². The molecule has 0 fully saturated rings. The van der Waals surface area contributed by atoms with Crippen molar-refractivity contribution in [2.45, 2.75) is 135 Å². The summed E-state index contributed by atoms with van der Waals surface area (Å²) in [6, 6.07) is 0. The molecule has 0 bridgehead atoms. The molecule has 0 amide bonds. The summed E-state index contributed by atoms with van der Waals surface area (Å²) in [5.74, 6) is 0. The van der Waals surface area contributed by atoms with E-state index in [4.69, 9.17) is 0 Å². The smallest absolute Gasteiger partial charge is 0.0348 e. The van der Waals surface area contributed by atoms with E-state index in [-0.39, 0.29) is 0 Å². The van der Waals surface area contributed by atoms with Crippen LogP contribution in [0, 0.1) is 0 Å². The Kier molecular flexibility index (Phi) is 20.8. The largest absolute Gasteiger partial charge is 0.0845 e. The van der Waals surface area contributed by atoms with E-state index < -0.39 is 0 Å². The first kappa shape index (κ1) is 26.0. The minimum absolute atomic E-state index is 1.23. The average Bonchev–Trinajstić information content (AvgIpc) is 2.73. The third kappa shape index (κ3) is 21.5. The first-order chi connectivity index (χ1) is 14.5. The van der Waals surface area contributed by atoms with E-state index in [1.165, 1.54) is 135 Å². The Labute approximate surface area is 183 Å². The van der Waals surface area contributed by atoms with Gasteiger partial charge < -0.3 is 0 Å². The quantitative estimate of drug-likeness (QED) is 0.380. The normalized spacial score (nSPS) is 25.1.